The quantitative estimate of drug-likeness (QED) is 0.839. The normalized spacial score (nSPS) is 12.3. The van der Waals surface area contributed by atoms with Gasteiger partial charge in [-0.15, -0.1) is 11.8 Å². The van der Waals surface area contributed by atoms with Gasteiger partial charge in [0, 0.05) is 25.0 Å². The number of hydrogen-bond acceptors (Lipinski definition) is 4. The van der Waals surface area contributed by atoms with Crippen molar-refractivity contribution in [2.45, 2.75) is 12.7 Å². The summed E-state index contributed by atoms with van der Waals surface area (Å²) in [4.78, 5) is 14.7. The van der Waals surface area contributed by atoms with Crippen LogP contribution in [0.4, 0.5) is 13.2 Å². The number of ketones is 1. The van der Waals surface area contributed by atoms with Crippen LogP contribution in [0.2, 0.25) is 0 Å². The lowest BCUT2D eigenvalue weighted by molar-refractivity contribution is -0.165. The van der Waals surface area contributed by atoms with Crippen LogP contribution in [-0.4, -0.2) is 23.2 Å². The Kier molecular flexibility index (Phi) is 5.21. The Labute approximate surface area is 106 Å². The number of carbonyl (C=O) groups excluding carboxylic acids is 1. The molecular weight excluding hydrogens is 265 g/mol. The van der Waals surface area contributed by atoms with Crippen molar-refractivity contribution in [3.63, 3.8) is 0 Å². The monoisotopic (exact) mass is 276 g/mol. The van der Waals surface area contributed by atoms with Crippen molar-refractivity contribution in [1.29, 1.82) is 0 Å². The highest BCUT2D eigenvalue weighted by molar-refractivity contribution is 8.02. The average molecular weight is 276 g/mol. The molecule has 0 aromatic carbocycles. The van der Waals surface area contributed by atoms with Gasteiger partial charge in [-0.05, 0) is 17.9 Å². The van der Waals surface area contributed by atoms with Crippen LogP contribution >= 0.6 is 11.8 Å². The van der Waals surface area contributed by atoms with Gasteiger partial charge in [0.05, 0.1) is 5.03 Å². The van der Waals surface area contributed by atoms with E-state index in [1.54, 1.807) is 30.8 Å². The number of allylic oxidation sites excluding steroid dienone is 1. The SMILES string of the molecule is CS/C(=C\C(=O)C(F)(F)F)NCc1cccnc1. The summed E-state index contributed by atoms with van der Waals surface area (Å²) in [6.45, 7) is 0.311. The highest BCUT2D eigenvalue weighted by atomic mass is 32.2. The molecule has 0 bridgehead atoms. The molecule has 0 aliphatic rings. The molecule has 0 saturated carbocycles. The second kappa shape index (κ2) is 6.44. The molecule has 1 rings (SSSR count). The minimum absolute atomic E-state index is 0.168. The van der Waals surface area contributed by atoms with Gasteiger partial charge in [-0.1, -0.05) is 6.07 Å². The lowest BCUT2D eigenvalue weighted by atomic mass is 10.3. The van der Waals surface area contributed by atoms with Gasteiger partial charge in [0.15, 0.2) is 0 Å². The van der Waals surface area contributed by atoms with Gasteiger partial charge < -0.3 is 5.32 Å². The lowest BCUT2D eigenvalue weighted by Crippen LogP contribution is -2.22. The van der Waals surface area contributed by atoms with E-state index in [1.807, 2.05) is 0 Å². The van der Waals surface area contributed by atoms with E-state index >= 15 is 0 Å². The van der Waals surface area contributed by atoms with Crippen LogP contribution < -0.4 is 5.32 Å². The molecule has 98 valence electrons. The summed E-state index contributed by atoms with van der Waals surface area (Å²) in [6, 6.07) is 3.50. The molecule has 0 spiro atoms. The highest BCUT2D eigenvalue weighted by Crippen LogP contribution is 2.19. The van der Waals surface area contributed by atoms with Crippen molar-refractivity contribution in [2.75, 3.05) is 6.26 Å². The zero-order valence-corrected chi connectivity index (χ0v) is 10.3. The number of alkyl halides is 3. The Balaban J connectivity index is 2.63. The Bertz CT molecular complexity index is 432. The third-order valence-corrected chi connectivity index (χ3v) is 2.65. The molecule has 0 aliphatic heterocycles. The fourth-order valence-electron chi connectivity index (χ4n) is 1.07. The number of aromatic nitrogens is 1. The second-order valence-corrected chi connectivity index (χ2v) is 4.14. The summed E-state index contributed by atoms with van der Waals surface area (Å²) in [7, 11) is 0. The van der Waals surface area contributed by atoms with Gasteiger partial charge in [0.25, 0.3) is 5.78 Å². The Morgan fingerprint density at radius 3 is 2.78 bits per heavy atom. The maximum absolute atomic E-state index is 12.1. The van der Waals surface area contributed by atoms with E-state index < -0.39 is 12.0 Å². The average Bonchev–Trinajstić information content (AvgIpc) is 2.34. The zero-order valence-electron chi connectivity index (χ0n) is 9.49. The summed E-state index contributed by atoms with van der Waals surface area (Å²) in [5.41, 5.74) is 0.817. The molecule has 3 nitrogen and oxygen atoms in total. The van der Waals surface area contributed by atoms with Crippen molar-refractivity contribution < 1.29 is 18.0 Å². The van der Waals surface area contributed by atoms with Crippen LogP contribution in [0.3, 0.4) is 0 Å². The number of nitrogens with one attached hydrogen (secondary N) is 1. The number of thioether (sulfide) groups is 1. The van der Waals surface area contributed by atoms with E-state index in [2.05, 4.69) is 10.3 Å². The fourth-order valence-corrected chi connectivity index (χ4v) is 1.52. The van der Waals surface area contributed by atoms with Crippen LogP contribution in [0.1, 0.15) is 5.56 Å². The molecular formula is C11H11F3N2OS. The van der Waals surface area contributed by atoms with Gasteiger partial charge in [-0.2, -0.15) is 13.2 Å². The first-order valence-electron chi connectivity index (χ1n) is 4.93. The van der Waals surface area contributed by atoms with Crippen LogP contribution in [-0.2, 0) is 11.3 Å². The molecule has 18 heavy (non-hydrogen) atoms. The van der Waals surface area contributed by atoms with Crippen LogP contribution in [0.5, 0.6) is 0 Å². The smallest absolute Gasteiger partial charge is 0.376 e. The summed E-state index contributed by atoms with van der Waals surface area (Å²) < 4.78 is 36.2. The molecule has 0 aliphatic carbocycles. The molecule has 0 amide bonds. The van der Waals surface area contributed by atoms with E-state index in [0.29, 0.717) is 12.6 Å². The lowest BCUT2D eigenvalue weighted by Gasteiger charge is -2.09. The van der Waals surface area contributed by atoms with E-state index in [0.717, 1.165) is 17.3 Å². The first kappa shape index (κ1) is 14.6. The van der Waals surface area contributed by atoms with Gasteiger partial charge in [-0.25, -0.2) is 0 Å². The molecule has 1 heterocycles. The van der Waals surface area contributed by atoms with Gasteiger partial charge in [0.1, 0.15) is 0 Å². The van der Waals surface area contributed by atoms with E-state index in [4.69, 9.17) is 0 Å². The largest absolute Gasteiger partial charge is 0.454 e. The molecule has 7 heteroatoms. The zero-order chi connectivity index (χ0) is 13.6. The number of pyridine rings is 1. The topological polar surface area (TPSA) is 42.0 Å². The maximum Gasteiger partial charge on any atom is 0.454 e. The Hall–Kier alpha value is -1.50. The first-order chi connectivity index (χ1) is 8.43. The number of carbonyl (C=O) groups is 1. The predicted octanol–water partition coefficient (Wildman–Crippen LogP) is 2.51. The van der Waals surface area contributed by atoms with Crippen molar-refractivity contribution in [1.82, 2.24) is 10.3 Å². The molecule has 1 N–H and O–H groups in total. The highest BCUT2D eigenvalue weighted by Gasteiger charge is 2.36. The minimum Gasteiger partial charge on any atom is -0.376 e. The van der Waals surface area contributed by atoms with Gasteiger partial charge >= 0.3 is 6.18 Å². The molecule has 1 aromatic rings. The van der Waals surface area contributed by atoms with Gasteiger partial charge in [-0.3, -0.25) is 9.78 Å². The van der Waals surface area contributed by atoms with Crippen molar-refractivity contribution >= 4 is 17.5 Å². The molecule has 0 unspecified atom stereocenters. The summed E-state index contributed by atoms with van der Waals surface area (Å²) in [5, 5.41) is 2.92. The first-order valence-corrected chi connectivity index (χ1v) is 6.15. The third kappa shape index (κ3) is 4.79. The predicted molar refractivity (Wildman–Crippen MR) is 63.7 cm³/mol. The number of halogens is 3. The Morgan fingerprint density at radius 1 is 1.56 bits per heavy atom. The third-order valence-electron chi connectivity index (χ3n) is 1.95. The summed E-state index contributed by atoms with van der Waals surface area (Å²) >= 11 is 1.04. The van der Waals surface area contributed by atoms with Crippen molar-refractivity contribution in [3.8, 4) is 0 Å². The molecule has 0 radical (unpaired) electrons. The molecule has 1 aromatic heterocycles. The van der Waals surface area contributed by atoms with Crippen molar-refractivity contribution in [2.24, 2.45) is 0 Å². The molecule has 0 atom stereocenters. The maximum atomic E-state index is 12.1. The van der Waals surface area contributed by atoms with Crippen LogP contribution in [0, 0.1) is 0 Å². The van der Waals surface area contributed by atoms with E-state index in [9.17, 15) is 18.0 Å². The standard InChI is InChI=1S/C11H11F3N2OS/c1-18-10(5-9(17)11(12,13)14)16-7-8-3-2-4-15-6-8/h2-6,16H,7H2,1H3/b10-5-. The molecule has 0 saturated heterocycles. The summed E-state index contributed by atoms with van der Waals surface area (Å²) in [5.74, 6) is -1.87. The van der Waals surface area contributed by atoms with E-state index in [1.165, 1.54) is 0 Å². The van der Waals surface area contributed by atoms with Gasteiger partial charge in [0.2, 0.25) is 0 Å². The van der Waals surface area contributed by atoms with Crippen molar-refractivity contribution in [3.05, 3.63) is 41.2 Å². The van der Waals surface area contributed by atoms with Crippen LogP contribution in [0.25, 0.3) is 0 Å². The summed E-state index contributed by atoms with van der Waals surface area (Å²) in [6.07, 6.45) is 0.502. The molecule has 0 fully saturated rings. The second-order valence-electron chi connectivity index (χ2n) is 3.29. The number of rotatable bonds is 5. The minimum atomic E-state index is -4.84. The van der Waals surface area contributed by atoms with E-state index in [-0.39, 0.29) is 5.03 Å². The fraction of sp³-hybridized carbons (Fsp3) is 0.273. The van der Waals surface area contributed by atoms with Crippen LogP contribution in [0.15, 0.2) is 35.6 Å². The Morgan fingerprint density at radius 2 is 2.28 bits per heavy atom. The number of nitrogens with zero attached hydrogens (tertiary/aromatic N) is 1. The number of hydrogen-bond donors (Lipinski definition) is 1.